The standard InChI is InChI=1S/C15H20N4O2/c1-10-14(18-11(2)15(20)16-8-9-21-3)19-13-7-5-4-6-12(13)17-10/h4-7,11H,8-9H2,1-3H3,(H,16,20)(H,18,19). The number of aromatic nitrogens is 2. The number of amides is 1. The second kappa shape index (κ2) is 6.99. The Kier molecular flexibility index (Phi) is 5.05. The molecule has 1 unspecified atom stereocenters. The fourth-order valence-electron chi connectivity index (χ4n) is 1.92. The molecule has 2 aromatic rings. The summed E-state index contributed by atoms with van der Waals surface area (Å²) in [6, 6.07) is 7.26. The molecule has 2 N–H and O–H groups in total. The van der Waals surface area contributed by atoms with Crippen LogP contribution in [0.4, 0.5) is 5.82 Å². The van der Waals surface area contributed by atoms with E-state index in [2.05, 4.69) is 20.6 Å². The molecule has 0 saturated heterocycles. The van der Waals surface area contributed by atoms with Crippen molar-refractivity contribution < 1.29 is 9.53 Å². The van der Waals surface area contributed by atoms with E-state index in [0.29, 0.717) is 19.0 Å². The van der Waals surface area contributed by atoms with Gasteiger partial charge in [0.25, 0.3) is 0 Å². The van der Waals surface area contributed by atoms with Gasteiger partial charge in [0, 0.05) is 13.7 Å². The van der Waals surface area contributed by atoms with Crippen molar-refractivity contribution >= 4 is 22.8 Å². The Morgan fingerprint density at radius 3 is 2.62 bits per heavy atom. The van der Waals surface area contributed by atoms with Gasteiger partial charge in [0.1, 0.15) is 11.9 Å². The van der Waals surface area contributed by atoms with Crippen molar-refractivity contribution in [3.63, 3.8) is 0 Å². The summed E-state index contributed by atoms with van der Waals surface area (Å²) in [4.78, 5) is 20.9. The fourth-order valence-corrected chi connectivity index (χ4v) is 1.92. The van der Waals surface area contributed by atoms with Crippen LogP contribution < -0.4 is 10.6 Å². The number of aryl methyl sites for hydroxylation is 1. The van der Waals surface area contributed by atoms with Crippen molar-refractivity contribution in [2.45, 2.75) is 19.9 Å². The molecule has 6 heteroatoms. The summed E-state index contributed by atoms with van der Waals surface area (Å²) in [6.07, 6.45) is 0. The fraction of sp³-hybridized carbons (Fsp3) is 0.400. The third-order valence-electron chi connectivity index (χ3n) is 3.10. The number of benzene rings is 1. The first-order valence-electron chi connectivity index (χ1n) is 6.88. The molecule has 0 aliphatic heterocycles. The Bertz CT molecular complexity index is 630. The van der Waals surface area contributed by atoms with E-state index in [1.54, 1.807) is 14.0 Å². The van der Waals surface area contributed by atoms with Gasteiger partial charge in [-0.2, -0.15) is 0 Å². The molecule has 112 valence electrons. The average molecular weight is 288 g/mol. The zero-order valence-corrected chi connectivity index (χ0v) is 12.5. The Labute approximate surface area is 123 Å². The number of hydrogen-bond acceptors (Lipinski definition) is 5. The number of methoxy groups -OCH3 is 1. The topological polar surface area (TPSA) is 76.1 Å². The number of anilines is 1. The van der Waals surface area contributed by atoms with E-state index in [9.17, 15) is 4.79 Å². The third kappa shape index (κ3) is 3.88. The Balaban J connectivity index is 2.08. The summed E-state index contributed by atoms with van der Waals surface area (Å²) in [5.41, 5.74) is 2.42. The van der Waals surface area contributed by atoms with Gasteiger partial charge in [-0.25, -0.2) is 9.97 Å². The SMILES string of the molecule is COCCNC(=O)C(C)Nc1nc2ccccc2nc1C. The molecule has 0 aliphatic rings. The Morgan fingerprint density at radius 1 is 1.29 bits per heavy atom. The molecule has 0 aliphatic carbocycles. The van der Waals surface area contributed by atoms with Crippen LogP contribution in [0.15, 0.2) is 24.3 Å². The van der Waals surface area contributed by atoms with Crippen molar-refractivity contribution in [1.82, 2.24) is 15.3 Å². The zero-order valence-electron chi connectivity index (χ0n) is 12.5. The van der Waals surface area contributed by atoms with Crippen molar-refractivity contribution in [3.8, 4) is 0 Å². The maximum Gasteiger partial charge on any atom is 0.242 e. The second-order valence-corrected chi connectivity index (χ2v) is 4.80. The summed E-state index contributed by atoms with van der Waals surface area (Å²) in [6.45, 7) is 4.65. The van der Waals surface area contributed by atoms with Crippen molar-refractivity contribution in [2.75, 3.05) is 25.6 Å². The zero-order chi connectivity index (χ0) is 15.2. The number of para-hydroxylation sites is 2. The van der Waals surface area contributed by atoms with Gasteiger partial charge in [-0.1, -0.05) is 12.1 Å². The smallest absolute Gasteiger partial charge is 0.242 e. The monoisotopic (exact) mass is 288 g/mol. The number of nitrogens with zero attached hydrogens (tertiary/aromatic N) is 2. The molecule has 1 atom stereocenters. The van der Waals surface area contributed by atoms with E-state index in [0.717, 1.165) is 16.7 Å². The van der Waals surface area contributed by atoms with Crippen molar-refractivity contribution in [1.29, 1.82) is 0 Å². The molecule has 0 saturated carbocycles. The Morgan fingerprint density at radius 2 is 1.95 bits per heavy atom. The number of fused-ring (bicyclic) bond motifs is 1. The van der Waals surface area contributed by atoms with Gasteiger partial charge in [0.05, 0.1) is 23.3 Å². The summed E-state index contributed by atoms with van der Waals surface area (Å²) < 4.78 is 4.90. The van der Waals surface area contributed by atoms with Crippen molar-refractivity contribution in [2.24, 2.45) is 0 Å². The van der Waals surface area contributed by atoms with Crippen LogP contribution in [0, 0.1) is 6.92 Å². The molecular formula is C15H20N4O2. The van der Waals surface area contributed by atoms with Gasteiger partial charge in [0.15, 0.2) is 0 Å². The maximum absolute atomic E-state index is 11.9. The summed E-state index contributed by atoms with van der Waals surface area (Å²) in [5.74, 6) is 0.532. The third-order valence-corrected chi connectivity index (χ3v) is 3.10. The first-order valence-corrected chi connectivity index (χ1v) is 6.88. The van der Waals surface area contributed by atoms with Crippen LogP contribution in [0.3, 0.4) is 0 Å². The van der Waals surface area contributed by atoms with E-state index in [1.807, 2.05) is 31.2 Å². The molecule has 1 aromatic carbocycles. The number of ether oxygens (including phenoxy) is 1. The number of hydrogen-bond donors (Lipinski definition) is 2. The quantitative estimate of drug-likeness (QED) is 0.788. The lowest BCUT2D eigenvalue weighted by atomic mass is 10.2. The van der Waals surface area contributed by atoms with Gasteiger partial charge < -0.3 is 15.4 Å². The van der Waals surface area contributed by atoms with Crippen LogP contribution in [0.25, 0.3) is 11.0 Å². The molecule has 2 rings (SSSR count). The highest BCUT2D eigenvalue weighted by atomic mass is 16.5. The molecule has 0 radical (unpaired) electrons. The number of carbonyl (C=O) groups is 1. The molecule has 1 aromatic heterocycles. The van der Waals surface area contributed by atoms with Crippen LogP contribution in [-0.4, -0.2) is 42.2 Å². The van der Waals surface area contributed by atoms with E-state index in [4.69, 9.17) is 4.74 Å². The van der Waals surface area contributed by atoms with Gasteiger partial charge in [0.2, 0.25) is 5.91 Å². The first kappa shape index (κ1) is 15.2. The van der Waals surface area contributed by atoms with E-state index in [1.165, 1.54) is 0 Å². The van der Waals surface area contributed by atoms with Gasteiger partial charge in [-0.05, 0) is 26.0 Å². The molecule has 1 heterocycles. The van der Waals surface area contributed by atoms with Crippen LogP contribution in [0.2, 0.25) is 0 Å². The van der Waals surface area contributed by atoms with E-state index >= 15 is 0 Å². The predicted molar refractivity (Wildman–Crippen MR) is 82.2 cm³/mol. The lowest BCUT2D eigenvalue weighted by Gasteiger charge is -2.16. The number of carbonyl (C=O) groups excluding carboxylic acids is 1. The lowest BCUT2D eigenvalue weighted by Crippen LogP contribution is -2.39. The lowest BCUT2D eigenvalue weighted by molar-refractivity contribution is -0.121. The first-order chi connectivity index (χ1) is 10.1. The van der Waals surface area contributed by atoms with E-state index < -0.39 is 6.04 Å². The number of nitrogens with one attached hydrogen (secondary N) is 2. The molecule has 21 heavy (non-hydrogen) atoms. The minimum atomic E-state index is -0.393. The largest absolute Gasteiger partial charge is 0.383 e. The van der Waals surface area contributed by atoms with Gasteiger partial charge >= 0.3 is 0 Å². The highest BCUT2D eigenvalue weighted by Gasteiger charge is 2.14. The molecule has 0 fully saturated rings. The van der Waals surface area contributed by atoms with Gasteiger partial charge in [-0.3, -0.25) is 4.79 Å². The summed E-state index contributed by atoms with van der Waals surface area (Å²) >= 11 is 0. The molecular weight excluding hydrogens is 268 g/mol. The highest BCUT2D eigenvalue weighted by Crippen LogP contribution is 2.16. The van der Waals surface area contributed by atoms with Crippen molar-refractivity contribution in [3.05, 3.63) is 30.0 Å². The highest BCUT2D eigenvalue weighted by molar-refractivity contribution is 5.84. The molecule has 1 amide bonds. The van der Waals surface area contributed by atoms with Crippen LogP contribution in [0.1, 0.15) is 12.6 Å². The minimum Gasteiger partial charge on any atom is -0.383 e. The van der Waals surface area contributed by atoms with Gasteiger partial charge in [-0.15, -0.1) is 0 Å². The minimum absolute atomic E-state index is 0.0959. The summed E-state index contributed by atoms with van der Waals surface area (Å²) in [5, 5.41) is 5.89. The van der Waals surface area contributed by atoms with Crippen LogP contribution in [0.5, 0.6) is 0 Å². The summed E-state index contributed by atoms with van der Waals surface area (Å²) in [7, 11) is 1.60. The maximum atomic E-state index is 11.9. The average Bonchev–Trinajstić information content (AvgIpc) is 2.48. The normalized spacial score (nSPS) is 12.1. The van der Waals surface area contributed by atoms with Crippen LogP contribution >= 0.6 is 0 Å². The second-order valence-electron chi connectivity index (χ2n) is 4.80. The molecule has 6 nitrogen and oxygen atoms in total. The Hall–Kier alpha value is -2.21. The van der Waals surface area contributed by atoms with E-state index in [-0.39, 0.29) is 5.91 Å². The molecule has 0 bridgehead atoms. The molecule has 0 spiro atoms. The number of rotatable bonds is 6. The predicted octanol–water partition coefficient (Wildman–Crippen LogP) is 1.50. The van der Waals surface area contributed by atoms with Crippen LogP contribution in [-0.2, 0) is 9.53 Å².